The van der Waals surface area contributed by atoms with Crippen molar-refractivity contribution in [3.05, 3.63) is 71.5 Å². The van der Waals surface area contributed by atoms with Crippen molar-refractivity contribution >= 4 is 5.82 Å². The Balaban J connectivity index is 1.76. The van der Waals surface area contributed by atoms with Crippen LogP contribution in [-0.2, 0) is 12.8 Å². The van der Waals surface area contributed by atoms with Gasteiger partial charge in [0.05, 0.1) is 16.8 Å². The second kappa shape index (κ2) is 9.56. The quantitative estimate of drug-likeness (QED) is 0.385. The van der Waals surface area contributed by atoms with Gasteiger partial charge in [-0.05, 0) is 25.0 Å². The van der Waals surface area contributed by atoms with Crippen LogP contribution in [0.5, 0.6) is 5.75 Å². The van der Waals surface area contributed by atoms with Crippen LogP contribution in [0.15, 0.2) is 54.7 Å². The lowest BCUT2D eigenvalue weighted by atomic mass is 10.0. The third kappa shape index (κ3) is 5.63. The summed E-state index contributed by atoms with van der Waals surface area (Å²) in [6, 6.07) is 13.3. The van der Waals surface area contributed by atoms with Crippen LogP contribution in [-0.4, -0.2) is 29.0 Å². The number of alkyl halides is 5. The van der Waals surface area contributed by atoms with Gasteiger partial charge in [-0.1, -0.05) is 30.3 Å². The molecule has 0 amide bonds. The molecule has 1 saturated heterocycles. The van der Waals surface area contributed by atoms with Crippen LogP contribution in [0.4, 0.5) is 27.8 Å². The molecule has 34 heavy (non-hydrogen) atoms. The number of halogens is 5. The predicted octanol–water partition coefficient (Wildman–Crippen LogP) is 6.68. The van der Waals surface area contributed by atoms with Crippen LogP contribution < -0.4 is 9.64 Å². The Hall–Kier alpha value is -3.23. The van der Waals surface area contributed by atoms with Gasteiger partial charge in [-0.25, -0.2) is 13.8 Å². The molecule has 3 heterocycles. The Morgan fingerprint density at radius 2 is 1.79 bits per heavy atom. The van der Waals surface area contributed by atoms with Crippen LogP contribution in [0, 0.1) is 6.92 Å². The first-order valence-electron chi connectivity index (χ1n) is 11.0. The summed E-state index contributed by atoms with van der Waals surface area (Å²) in [6.07, 6.45) is -4.22. The molecule has 0 N–H and O–H groups in total. The number of benzene rings is 1. The maximum Gasteiger partial charge on any atom is 0.417 e. The van der Waals surface area contributed by atoms with Gasteiger partial charge in [0.1, 0.15) is 18.2 Å². The average Bonchev–Trinajstić information content (AvgIpc) is 2.97. The summed E-state index contributed by atoms with van der Waals surface area (Å²) in [4.78, 5) is 10.0. The lowest BCUT2D eigenvalue weighted by Gasteiger charge is -2.26. The van der Waals surface area contributed by atoms with Gasteiger partial charge in [0, 0.05) is 50.0 Å². The van der Waals surface area contributed by atoms with E-state index in [1.807, 2.05) is 30.3 Å². The molecule has 9 heteroatoms. The zero-order valence-electron chi connectivity index (χ0n) is 18.6. The fraction of sp³-hybridized carbons (Fsp3) is 0.360. The van der Waals surface area contributed by atoms with E-state index < -0.39 is 24.1 Å². The number of hydrogen-bond donors (Lipinski definition) is 0. The van der Waals surface area contributed by atoms with E-state index in [0.29, 0.717) is 11.4 Å². The number of ether oxygens (including phenoxy) is 1. The average molecular weight is 477 g/mol. The van der Waals surface area contributed by atoms with Gasteiger partial charge in [-0.15, -0.1) is 0 Å². The maximum absolute atomic E-state index is 14.0. The summed E-state index contributed by atoms with van der Waals surface area (Å²) in [5.74, 6) is -2.49. The van der Waals surface area contributed by atoms with E-state index in [0.717, 1.165) is 17.8 Å². The van der Waals surface area contributed by atoms with Crippen LogP contribution in [0.1, 0.15) is 36.1 Å². The molecule has 0 bridgehead atoms. The maximum atomic E-state index is 14.0. The topological polar surface area (TPSA) is 38.2 Å². The molecule has 0 unspecified atom stereocenters. The van der Waals surface area contributed by atoms with Crippen LogP contribution in [0.2, 0.25) is 0 Å². The molecular weight excluding hydrogens is 453 g/mol. The zero-order valence-corrected chi connectivity index (χ0v) is 18.6. The molecule has 3 aromatic rings. The van der Waals surface area contributed by atoms with Gasteiger partial charge in [-0.3, -0.25) is 4.98 Å². The highest BCUT2D eigenvalue weighted by molar-refractivity contribution is 5.78. The smallest absolute Gasteiger partial charge is 0.417 e. The van der Waals surface area contributed by atoms with Gasteiger partial charge >= 0.3 is 6.18 Å². The minimum absolute atomic E-state index is 0.000339. The van der Waals surface area contributed by atoms with Gasteiger partial charge in [-0.2, -0.15) is 13.2 Å². The standard InChI is InChI=1S/C25H24F5N3O/c1-17-14-19(34-16-18-6-3-2-4-7-18)15-21(32-17)22-20(25(28,29)30)8-11-31-23(22)33-12-5-9-24(26,27)10-13-33/h2-4,6-8,11,14-15H,5,9-10,12-13,16H2,1H3. The van der Waals surface area contributed by atoms with E-state index in [1.165, 1.54) is 11.0 Å². The Labute approximate surface area is 194 Å². The Kier molecular flexibility index (Phi) is 6.72. The highest BCUT2D eigenvalue weighted by Crippen LogP contribution is 2.42. The highest BCUT2D eigenvalue weighted by Gasteiger charge is 2.38. The number of aromatic nitrogens is 2. The number of nitrogens with zero attached hydrogens (tertiary/aromatic N) is 3. The van der Waals surface area contributed by atoms with Crippen LogP contribution in [0.3, 0.4) is 0 Å². The zero-order chi connectivity index (χ0) is 24.3. The summed E-state index contributed by atoms with van der Waals surface area (Å²) in [5.41, 5.74) is 0.261. The molecule has 0 atom stereocenters. The van der Waals surface area contributed by atoms with Gasteiger partial charge in [0.2, 0.25) is 5.92 Å². The van der Waals surface area contributed by atoms with E-state index >= 15 is 0 Å². The van der Waals surface area contributed by atoms with Crippen molar-refractivity contribution in [3.8, 4) is 17.0 Å². The molecule has 180 valence electrons. The fourth-order valence-corrected chi connectivity index (χ4v) is 4.04. The number of aryl methyl sites for hydroxylation is 1. The molecule has 4 rings (SSSR count). The van der Waals surface area contributed by atoms with Crippen molar-refractivity contribution in [2.45, 2.75) is 44.9 Å². The largest absolute Gasteiger partial charge is 0.489 e. The lowest BCUT2D eigenvalue weighted by molar-refractivity contribution is -0.137. The summed E-state index contributed by atoms with van der Waals surface area (Å²) in [6.45, 7) is 1.98. The van der Waals surface area contributed by atoms with Crippen molar-refractivity contribution < 1.29 is 26.7 Å². The van der Waals surface area contributed by atoms with E-state index in [2.05, 4.69) is 9.97 Å². The van der Waals surface area contributed by atoms with E-state index in [4.69, 9.17) is 4.74 Å². The number of pyridine rings is 2. The van der Waals surface area contributed by atoms with E-state index in [9.17, 15) is 22.0 Å². The van der Waals surface area contributed by atoms with Crippen LogP contribution >= 0.6 is 0 Å². The fourth-order valence-electron chi connectivity index (χ4n) is 4.04. The van der Waals surface area contributed by atoms with Crippen molar-refractivity contribution in [2.75, 3.05) is 18.0 Å². The third-order valence-electron chi connectivity index (χ3n) is 5.69. The van der Waals surface area contributed by atoms with Crippen molar-refractivity contribution in [1.29, 1.82) is 0 Å². The highest BCUT2D eigenvalue weighted by atomic mass is 19.4. The minimum Gasteiger partial charge on any atom is -0.489 e. The van der Waals surface area contributed by atoms with Crippen molar-refractivity contribution in [2.24, 2.45) is 0 Å². The van der Waals surface area contributed by atoms with E-state index in [1.54, 1.807) is 13.0 Å². The number of anilines is 1. The molecular formula is C25H24F5N3O. The second-order valence-electron chi connectivity index (χ2n) is 8.36. The second-order valence-corrected chi connectivity index (χ2v) is 8.36. The molecule has 0 saturated carbocycles. The molecule has 1 fully saturated rings. The summed E-state index contributed by atoms with van der Waals surface area (Å²) >= 11 is 0. The molecule has 0 radical (unpaired) electrons. The predicted molar refractivity (Wildman–Crippen MR) is 119 cm³/mol. The monoisotopic (exact) mass is 477 g/mol. The van der Waals surface area contributed by atoms with Crippen molar-refractivity contribution in [1.82, 2.24) is 9.97 Å². The lowest BCUT2D eigenvalue weighted by Crippen LogP contribution is -2.28. The Morgan fingerprint density at radius 3 is 2.53 bits per heavy atom. The first-order chi connectivity index (χ1) is 16.1. The van der Waals surface area contributed by atoms with Gasteiger partial charge in [0.25, 0.3) is 0 Å². The number of hydrogen-bond acceptors (Lipinski definition) is 4. The number of rotatable bonds is 5. The Morgan fingerprint density at radius 1 is 1.03 bits per heavy atom. The minimum atomic E-state index is -4.68. The normalized spacial score (nSPS) is 16.2. The molecule has 1 aliphatic rings. The van der Waals surface area contributed by atoms with Crippen molar-refractivity contribution in [3.63, 3.8) is 0 Å². The summed E-state index contributed by atoms with van der Waals surface area (Å²) in [7, 11) is 0. The first kappa shape index (κ1) is 23.9. The molecule has 0 spiro atoms. The molecule has 2 aromatic heterocycles. The van der Waals surface area contributed by atoms with E-state index in [-0.39, 0.29) is 49.6 Å². The first-order valence-corrected chi connectivity index (χ1v) is 11.0. The Bertz CT molecular complexity index is 1140. The molecule has 1 aliphatic heterocycles. The summed E-state index contributed by atoms with van der Waals surface area (Å²) in [5, 5.41) is 0. The SMILES string of the molecule is Cc1cc(OCc2ccccc2)cc(-c2c(C(F)(F)F)ccnc2N2CCCC(F)(F)CC2)n1. The molecule has 4 nitrogen and oxygen atoms in total. The third-order valence-corrected chi connectivity index (χ3v) is 5.69. The molecule has 1 aromatic carbocycles. The van der Waals surface area contributed by atoms with Crippen LogP contribution in [0.25, 0.3) is 11.3 Å². The van der Waals surface area contributed by atoms with Gasteiger partial charge < -0.3 is 9.64 Å². The van der Waals surface area contributed by atoms with Gasteiger partial charge in [0.15, 0.2) is 0 Å². The summed E-state index contributed by atoms with van der Waals surface area (Å²) < 4.78 is 75.8. The molecule has 0 aliphatic carbocycles.